The molecule has 2 aromatic heterocycles. The van der Waals surface area contributed by atoms with Gasteiger partial charge in [-0.15, -0.1) is 5.11 Å². The van der Waals surface area contributed by atoms with Crippen LogP contribution in [0.3, 0.4) is 0 Å². The zero-order valence-corrected chi connectivity index (χ0v) is 16.5. The molecule has 0 bridgehead atoms. The van der Waals surface area contributed by atoms with Gasteiger partial charge >= 0.3 is 0 Å². The van der Waals surface area contributed by atoms with Gasteiger partial charge in [-0.1, -0.05) is 78.9 Å². The van der Waals surface area contributed by atoms with Gasteiger partial charge in [0.2, 0.25) is 0 Å². The molecule has 30 heavy (non-hydrogen) atoms. The van der Waals surface area contributed by atoms with Crippen molar-refractivity contribution in [3.63, 3.8) is 0 Å². The second-order valence-corrected chi connectivity index (χ2v) is 6.96. The second kappa shape index (κ2) is 7.72. The molecule has 0 fully saturated rings. The predicted octanol–water partition coefficient (Wildman–Crippen LogP) is 6.79. The minimum absolute atomic E-state index is 0.675. The summed E-state index contributed by atoms with van der Waals surface area (Å²) in [4.78, 5) is 4.91. The molecule has 0 aliphatic carbocycles. The number of hydrogen-bond acceptors (Lipinski definition) is 4. The Labute approximate surface area is 174 Å². The zero-order valence-electron chi connectivity index (χ0n) is 16.5. The molecule has 0 atom stereocenters. The highest BCUT2D eigenvalue weighted by Crippen LogP contribution is 2.32. The van der Waals surface area contributed by atoms with Gasteiger partial charge in [0.1, 0.15) is 0 Å². The van der Waals surface area contributed by atoms with Crippen molar-refractivity contribution >= 4 is 17.0 Å². The Hall–Kier alpha value is -4.12. The molecule has 0 spiro atoms. The lowest BCUT2D eigenvalue weighted by Gasteiger charge is -2.08. The second-order valence-electron chi connectivity index (χ2n) is 6.96. The lowest BCUT2D eigenvalue weighted by molar-refractivity contribution is 0.926. The molecule has 2 heterocycles. The Morgan fingerprint density at radius 3 is 1.97 bits per heavy atom. The van der Waals surface area contributed by atoms with Crippen molar-refractivity contribution in [1.82, 2.24) is 14.6 Å². The third kappa shape index (κ3) is 3.37. The van der Waals surface area contributed by atoms with E-state index in [1.807, 2.05) is 78.2 Å². The molecular formula is C25H19N5. The molecule has 0 aliphatic heterocycles. The van der Waals surface area contributed by atoms with Crippen LogP contribution in [0.15, 0.2) is 107 Å². The number of fused-ring (bicyclic) bond motifs is 1. The molecule has 144 valence electrons. The average molecular weight is 389 g/mol. The van der Waals surface area contributed by atoms with E-state index in [0.29, 0.717) is 11.3 Å². The van der Waals surface area contributed by atoms with Crippen LogP contribution in [0.1, 0.15) is 5.69 Å². The standard InChI is InChI=1S/C25H19N5/c1-18-24(28-27-21-15-9-4-10-16-21)25-26-22(19-11-5-2-6-12-19)17-23(30(25)29-18)20-13-7-3-8-14-20/h2-17H,1H3. The van der Waals surface area contributed by atoms with Crippen LogP contribution in [-0.2, 0) is 0 Å². The van der Waals surface area contributed by atoms with E-state index in [9.17, 15) is 0 Å². The zero-order chi connectivity index (χ0) is 20.3. The van der Waals surface area contributed by atoms with Crippen LogP contribution in [0.5, 0.6) is 0 Å². The maximum Gasteiger partial charge on any atom is 0.184 e. The lowest BCUT2D eigenvalue weighted by atomic mass is 10.1. The number of azo groups is 1. The molecule has 0 amide bonds. The van der Waals surface area contributed by atoms with Crippen molar-refractivity contribution in [1.29, 1.82) is 0 Å². The fourth-order valence-electron chi connectivity index (χ4n) is 3.40. The van der Waals surface area contributed by atoms with E-state index in [1.54, 1.807) is 0 Å². The smallest absolute Gasteiger partial charge is 0.184 e. The minimum Gasteiger partial charge on any atom is -0.226 e. The first kappa shape index (κ1) is 17.9. The summed E-state index contributed by atoms with van der Waals surface area (Å²) in [6.45, 7) is 1.94. The van der Waals surface area contributed by atoms with Crippen molar-refractivity contribution in [2.45, 2.75) is 6.92 Å². The third-order valence-corrected chi connectivity index (χ3v) is 4.89. The summed E-state index contributed by atoms with van der Waals surface area (Å²) in [5.74, 6) is 0. The van der Waals surface area contributed by atoms with E-state index in [-0.39, 0.29) is 0 Å². The summed E-state index contributed by atoms with van der Waals surface area (Å²) in [7, 11) is 0. The van der Waals surface area contributed by atoms with Gasteiger partial charge in [-0.3, -0.25) is 0 Å². The molecule has 0 N–H and O–H groups in total. The van der Waals surface area contributed by atoms with Crippen molar-refractivity contribution < 1.29 is 0 Å². The molecular weight excluding hydrogens is 370 g/mol. The van der Waals surface area contributed by atoms with Crippen LogP contribution >= 0.6 is 0 Å². The topological polar surface area (TPSA) is 54.9 Å². The third-order valence-electron chi connectivity index (χ3n) is 4.89. The quantitative estimate of drug-likeness (QED) is 0.318. The minimum atomic E-state index is 0.675. The van der Waals surface area contributed by atoms with Gasteiger partial charge in [-0.2, -0.15) is 10.2 Å². The summed E-state index contributed by atoms with van der Waals surface area (Å²) in [5, 5.41) is 13.6. The average Bonchev–Trinajstić information content (AvgIpc) is 3.13. The van der Waals surface area contributed by atoms with E-state index in [2.05, 4.69) is 40.6 Å². The van der Waals surface area contributed by atoms with Gasteiger partial charge in [-0.25, -0.2) is 9.50 Å². The number of benzene rings is 3. The Kier molecular flexibility index (Phi) is 4.62. The molecule has 3 aromatic carbocycles. The van der Waals surface area contributed by atoms with Crippen LogP contribution in [0, 0.1) is 6.92 Å². The number of aryl methyl sites for hydroxylation is 1. The molecule has 0 saturated carbocycles. The summed E-state index contributed by atoms with van der Waals surface area (Å²) in [5.41, 5.74) is 6.88. The fourth-order valence-corrected chi connectivity index (χ4v) is 3.40. The Morgan fingerprint density at radius 2 is 1.30 bits per heavy atom. The van der Waals surface area contributed by atoms with Crippen LogP contribution in [0.4, 0.5) is 11.4 Å². The predicted molar refractivity (Wildman–Crippen MR) is 119 cm³/mol. The summed E-state index contributed by atoms with van der Waals surface area (Å²) < 4.78 is 1.86. The van der Waals surface area contributed by atoms with E-state index in [1.165, 1.54) is 0 Å². The van der Waals surface area contributed by atoms with Gasteiger partial charge < -0.3 is 0 Å². The van der Waals surface area contributed by atoms with Crippen LogP contribution in [0.2, 0.25) is 0 Å². The van der Waals surface area contributed by atoms with Crippen LogP contribution in [0.25, 0.3) is 28.2 Å². The molecule has 0 radical (unpaired) electrons. The summed E-state index contributed by atoms with van der Waals surface area (Å²) in [6.07, 6.45) is 0. The normalized spacial score (nSPS) is 11.4. The highest BCUT2D eigenvalue weighted by Gasteiger charge is 2.17. The SMILES string of the molecule is Cc1nn2c(-c3ccccc3)cc(-c3ccccc3)nc2c1N=Nc1ccccc1. The summed E-state index contributed by atoms with van der Waals surface area (Å²) >= 11 is 0. The maximum atomic E-state index is 4.91. The number of aromatic nitrogens is 3. The van der Waals surface area contributed by atoms with E-state index >= 15 is 0 Å². The Balaban J connectivity index is 1.74. The van der Waals surface area contributed by atoms with Gasteiger partial charge in [0, 0.05) is 11.1 Å². The maximum absolute atomic E-state index is 4.91. The molecule has 5 heteroatoms. The summed E-state index contributed by atoms with van der Waals surface area (Å²) in [6, 6.07) is 32.1. The van der Waals surface area contributed by atoms with Gasteiger partial charge in [-0.05, 0) is 25.1 Å². The van der Waals surface area contributed by atoms with Crippen molar-refractivity contribution in [2.75, 3.05) is 0 Å². The van der Waals surface area contributed by atoms with Gasteiger partial charge in [0.25, 0.3) is 0 Å². The monoisotopic (exact) mass is 389 g/mol. The Morgan fingerprint density at radius 1 is 0.700 bits per heavy atom. The number of nitrogens with zero attached hydrogens (tertiary/aromatic N) is 5. The molecule has 5 rings (SSSR count). The number of hydrogen-bond donors (Lipinski definition) is 0. The van der Waals surface area contributed by atoms with Crippen LogP contribution < -0.4 is 0 Å². The molecule has 5 aromatic rings. The molecule has 0 aliphatic rings. The lowest BCUT2D eigenvalue weighted by Crippen LogP contribution is -1.98. The largest absolute Gasteiger partial charge is 0.226 e. The highest BCUT2D eigenvalue weighted by molar-refractivity contribution is 5.77. The van der Waals surface area contributed by atoms with Crippen LogP contribution in [-0.4, -0.2) is 14.6 Å². The first-order valence-electron chi connectivity index (χ1n) is 9.77. The first-order valence-corrected chi connectivity index (χ1v) is 9.77. The van der Waals surface area contributed by atoms with Crippen molar-refractivity contribution in [3.8, 4) is 22.5 Å². The first-order chi connectivity index (χ1) is 14.8. The number of rotatable bonds is 4. The van der Waals surface area contributed by atoms with E-state index in [4.69, 9.17) is 10.1 Å². The van der Waals surface area contributed by atoms with E-state index in [0.717, 1.165) is 33.9 Å². The highest BCUT2D eigenvalue weighted by atomic mass is 15.3. The molecule has 0 saturated heterocycles. The van der Waals surface area contributed by atoms with Crippen molar-refractivity contribution in [3.05, 3.63) is 103 Å². The molecule has 5 nitrogen and oxygen atoms in total. The molecule has 0 unspecified atom stereocenters. The van der Waals surface area contributed by atoms with Crippen molar-refractivity contribution in [2.24, 2.45) is 10.2 Å². The van der Waals surface area contributed by atoms with E-state index < -0.39 is 0 Å². The fraction of sp³-hybridized carbons (Fsp3) is 0.0400. The van der Waals surface area contributed by atoms with Gasteiger partial charge in [0.05, 0.1) is 22.8 Å². The Bertz CT molecular complexity index is 1320. The van der Waals surface area contributed by atoms with Gasteiger partial charge in [0.15, 0.2) is 11.3 Å².